The van der Waals surface area contributed by atoms with Gasteiger partial charge >= 0.3 is 0 Å². The number of halogens is 2. The number of para-hydroxylation sites is 1. The van der Waals surface area contributed by atoms with Gasteiger partial charge in [0.25, 0.3) is 0 Å². The molecular weight excluding hydrogens is 435 g/mol. The molecule has 1 heterocycles. The fourth-order valence-corrected chi connectivity index (χ4v) is 5.08. The van der Waals surface area contributed by atoms with Gasteiger partial charge in [0, 0.05) is 17.6 Å². The Labute approximate surface area is 166 Å². The molecule has 8 heteroatoms. The molecule has 1 fully saturated rings. The van der Waals surface area contributed by atoms with Crippen molar-refractivity contribution in [3.63, 3.8) is 0 Å². The van der Waals surface area contributed by atoms with Gasteiger partial charge in [0.1, 0.15) is 5.82 Å². The Bertz CT molecular complexity index is 919. The van der Waals surface area contributed by atoms with Crippen molar-refractivity contribution in [1.82, 2.24) is 4.31 Å². The van der Waals surface area contributed by atoms with Crippen LogP contribution in [-0.4, -0.2) is 31.7 Å². The predicted octanol–water partition coefficient (Wildman–Crippen LogP) is 3.77. The zero-order valence-electron chi connectivity index (χ0n) is 14.6. The molecule has 0 aromatic heterocycles. The average Bonchev–Trinajstić information content (AvgIpc) is 2.65. The van der Waals surface area contributed by atoms with Crippen LogP contribution in [0.5, 0.6) is 0 Å². The van der Waals surface area contributed by atoms with Gasteiger partial charge in [-0.15, -0.1) is 0 Å². The summed E-state index contributed by atoms with van der Waals surface area (Å²) in [6.45, 7) is 0.544. The van der Waals surface area contributed by atoms with Crippen LogP contribution in [0.25, 0.3) is 0 Å². The maximum atomic E-state index is 13.0. The van der Waals surface area contributed by atoms with Crippen LogP contribution >= 0.6 is 15.9 Å². The van der Waals surface area contributed by atoms with E-state index in [0.717, 1.165) is 4.47 Å². The highest BCUT2D eigenvalue weighted by molar-refractivity contribution is 9.10. The van der Waals surface area contributed by atoms with Gasteiger partial charge in [0.15, 0.2) is 0 Å². The summed E-state index contributed by atoms with van der Waals surface area (Å²) in [6.07, 6.45) is 1.26. The highest BCUT2D eigenvalue weighted by atomic mass is 79.9. The minimum absolute atomic E-state index is 0.153. The number of hydrogen-bond acceptors (Lipinski definition) is 3. The van der Waals surface area contributed by atoms with Gasteiger partial charge in [0.05, 0.1) is 17.4 Å². The number of benzene rings is 2. The largest absolute Gasteiger partial charge is 0.325 e. The molecule has 0 saturated carbocycles. The second kappa shape index (κ2) is 8.50. The third-order valence-electron chi connectivity index (χ3n) is 4.54. The number of sulfonamides is 1. The van der Waals surface area contributed by atoms with E-state index in [0.29, 0.717) is 30.6 Å². The number of amides is 1. The third kappa shape index (κ3) is 5.15. The van der Waals surface area contributed by atoms with Crippen LogP contribution < -0.4 is 5.32 Å². The molecule has 1 amide bonds. The number of nitrogens with one attached hydrogen (secondary N) is 1. The number of hydrogen-bond donors (Lipinski definition) is 1. The second-order valence-corrected chi connectivity index (χ2v) is 9.37. The molecule has 1 saturated heterocycles. The van der Waals surface area contributed by atoms with E-state index in [1.807, 2.05) is 18.2 Å². The molecule has 3 rings (SSSR count). The zero-order valence-corrected chi connectivity index (χ0v) is 17.0. The fraction of sp³-hybridized carbons (Fsp3) is 0.316. The van der Waals surface area contributed by atoms with Crippen LogP contribution in [0.15, 0.2) is 53.0 Å². The number of nitrogens with zero attached hydrogens (tertiary/aromatic N) is 1. The van der Waals surface area contributed by atoms with Crippen molar-refractivity contribution in [3.05, 3.63) is 64.4 Å². The summed E-state index contributed by atoms with van der Waals surface area (Å²) in [5, 5.41) is 2.86. The van der Waals surface area contributed by atoms with E-state index in [4.69, 9.17) is 0 Å². The van der Waals surface area contributed by atoms with Crippen molar-refractivity contribution < 1.29 is 17.6 Å². The number of anilines is 1. The van der Waals surface area contributed by atoms with E-state index in [9.17, 15) is 17.6 Å². The van der Waals surface area contributed by atoms with Crippen molar-refractivity contribution in [3.8, 4) is 0 Å². The van der Waals surface area contributed by atoms with E-state index in [2.05, 4.69) is 21.2 Å². The van der Waals surface area contributed by atoms with E-state index < -0.39 is 21.8 Å². The van der Waals surface area contributed by atoms with E-state index >= 15 is 0 Å². The monoisotopic (exact) mass is 454 g/mol. The third-order valence-corrected chi connectivity index (χ3v) is 7.05. The lowest BCUT2D eigenvalue weighted by Crippen LogP contribution is -2.44. The van der Waals surface area contributed by atoms with Gasteiger partial charge < -0.3 is 5.32 Å². The molecule has 0 bridgehead atoms. The molecule has 5 nitrogen and oxygen atoms in total. The zero-order chi connectivity index (χ0) is 19.4. The Morgan fingerprint density at radius 1 is 1.19 bits per heavy atom. The molecule has 0 spiro atoms. The molecule has 0 radical (unpaired) electrons. The minimum Gasteiger partial charge on any atom is -0.325 e. The van der Waals surface area contributed by atoms with Crippen molar-refractivity contribution in [1.29, 1.82) is 0 Å². The van der Waals surface area contributed by atoms with Gasteiger partial charge in [-0.2, -0.15) is 0 Å². The molecule has 1 atom stereocenters. The van der Waals surface area contributed by atoms with Crippen LogP contribution in [0.1, 0.15) is 18.4 Å². The van der Waals surface area contributed by atoms with E-state index in [1.165, 1.54) is 28.6 Å². The van der Waals surface area contributed by atoms with Crippen molar-refractivity contribution in [2.45, 2.75) is 18.6 Å². The lowest BCUT2D eigenvalue weighted by atomic mass is 9.99. The van der Waals surface area contributed by atoms with E-state index in [1.54, 1.807) is 6.07 Å². The highest BCUT2D eigenvalue weighted by Crippen LogP contribution is 2.25. The Morgan fingerprint density at radius 3 is 2.59 bits per heavy atom. The van der Waals surface area contributed by atoms with Crippen molar-refractivity contribution in [2.75, 3.05) is 18.4 Å². The van der Waals surface area contributed by atoms with Gasteiger partial charge in [-0.3, -0.25) is 4.79 Å². The summed E-state index contributed by atoms with van der Waals surface area (Å²) in [5.41, 5.74) is 1.19. The van der Waals surface area contributed by atoms with Crippen molar-refractivity contribution in [2.24, 2.45) is 5.92 Å². The number of carbonyl (C=O) groups excluding carboxylic acids is 1. The Kier molecular flexibility index (Phi) is 6.29. The molecule has 2 aromatic carbocycles. The van der Waals surface area contributed by atoms with Gasteiger partial charge in [0.2, 0.25) is 15.9 Å². The normalized spacial score (nSPS) is 18.2. The van der Waals surface area contributed by atoms with Crippen LogP contribution in [0, 0.1) is 11.7 Å². The standard InChI is InChI=1S/C19H20BrFN2O3S/c20-17-5-1-2-6-18(17)22-19(24)15-4-3-11-23(12-15)27(25,26)13-14-7-9-16(21)10-8-14/h1-2,5-10,15H,3-4,11-13H2,(H,22,24). The molecule has 1 N–H and O–H groups in total. The first kappa shape index (κ1) is 20.0. The summed E-state index contributed by atoms with van der Waals surface area (Å²) >= 11 is 3.39. The molecule has 0 aliphatic carbocycles. The average molecular weight is 455 g/mol. The summed E-state index contributed by atoms with van der Waals surface area (Å²) in [7, 11) is -3.58. The Morgan fingerprint density at radius 2 is 1.89 bits per heavy atom. The van der Waals surface area contributed by atoms with Crippen LogP contribution in [0.4, 0.5) is 10.1 Å². The first-order chi connectivity index (χ1) is 12.8. The highest BCUT2D eigenvalue weighted by Gasteiger charge is 2.32. The van der Waals surface area contributed by atoms with E-state index in [-0.39, 0.29) is 18.2 Å². The predicted molar refractivity (Wildman–Crippen MR) is 106 cm³/mol. The quantitative estimate of drug-likeness (QED) is 0.747. The van der Waals surface area contributed by atoms with Gasteiger partial charge in [-0.25, -0.2) is 17.1 Å². The minimum atomic E-state index is -3.58. The summed E-state index contributed by atoms with van der Waals surface area (Å²) in [5.74, 6) is -1.21. The summed E-state index contributed by atoms with van der Waals surface area (Å²) in [6, 6.07) is 12.7. The molecule has 1 unspecified atom stereocenters. The Balaban J connectivity index is 1.66. The lowest BCUT2D eigenvalue weighted by molar-refractivity contribution is -0.120. The maximum absolute atomic E-state index is 13.0. The molecule has 1 aliphatic rings. The van der Waals surface area contributed by atoms with Crippen LogP contribution in [0.2, 0.25) is 0 Å². The van der Waals surface area contributed by atoms with Crippen LogP contribution in [-0.2, 0) is 20.6 Å². The lowest BCUT2D eigenvalue weighted by Gasteiger charge is -2.31. The maximum Gasteiger partial charge on any atom is 0.228 e. The summed E-state index contributed by atoms with van der Waals surface area (Å²) in [4.78, 5) is 12.6. The molecule has 1 aliphatic heterocycles. The smallest absolute Gasteiger partial charge is 0.228 e. The molecule has 27 heavy (non-hydrogen) atoms. The van der Waals surface area contributed by atoms with Crippen molar-refractivity contribution >= 4 is 37.5 Å². The van der Waals surface area contributed by atoms with Gasteiger partial charge in [-0.05, 0) is 58.6 Å². The number of carbonyl (C=O) groups is 1. The molecule has 144 valence electrons. The summed E-state index contributed by atoms with van der Waals surface area (Å²) < 4.78 is 40.6. The Hall–Kier alpha value is -1.77. The van der Waals surface area contributed by atoms with Crippen LogP contribution in [0.3, 0.4) is 0 Å². The fourth-order valence-electron chi connectivity index (χ4n) is 3.09. The first-order valence-electron chi connectivity index (χ1n) is 8.63. The first-order valence-corrected chi connectivity index (χ1v) is 11.0. The number of rotatable bonds is 5. The molecular formula is C19H20BrFN2O3S. The molecule has 2 aromatic rings. The second-order valence-electron chi connectivity index (χ2n) is 6.55. The SMILES string of the molecule is O=C(Nc1ccccc1Br)C1CCCN(S(=O)(=O)Cc2ccc(F)cc2)C1. The number of piperidine rings is 1. The topological polar surface area (TPSA) is 66.5 Å². The van der Waals surface area contributed by atoms with Gasteiger partial charge in [-0.1, -0.05) is 24.3 Å².